The van der Waals surface area contributed by atoms with Gasteiger partial charge in [-0.3, -0.25) is 0 Å². The molecule has 2 aliphatic carbocycles. The van der Waals surface area contributed by atoms with Gasteiger partial charge in [0.25, 0.3) is 0 Å². The molecule has 12 heavy (non-hydrogen) atoms. The van der Waals surface area contributed by atoms with Crippen LogP contribution >= 0.6 is 11.8 Å². The fourth-order valence-corrected chi connectivity index (χ4v) is 4.69. The van der Waals surface area contributed by atoms with Crippen LogP contribution in [0.2, 0.25) is 0 Å². The second-order valence-corrected chi connectivity index (χ2v) is 6.35. The minimum absolute atomic E-state index is 0.721. The van der Waals surface area contributed by atoms with Crippen LogP contribution in [0, 0.1) is 5.92 Å². The van der Waals surface area contributed by atoms with Gasteiger partial charge < -0.3 is 0 Å². The fraction of sp³-hybridized carbons (Fsp3) is 0.818. The molecular weight excluding hydrogens is 164 g/mol. The Labute approximate surface area is 78.8 Å². The van der Waals surface area contributed by atoms with E-state index < -0.39 is 0 Å². The van der Waals surface area contributed by atoms with Crippen molar-refractivity contribution >= 4 is 11.8 Å². The first-order valence-electron chi connectivity index (χ1n) is 5.12. The number of rotatable bonds is 0. The van der Waals surface area contributed by atoms with E-state index in [1.54, 1.807) is 0 Å². The molecule has 0 bridgehead atoms. The van der Waals surface area contributed by atoms with Crippen LogP contribution < -0.4 is 0 Å². The van der Waals surface area contributed by atoms with Crippen molar-refractivity contribution in [1.29, 1.82) is 0 Å². The molecule has 1 spiro atoms. The van der Waals surface area contributed by atoms with E-state index in [0.29, 0.717) is 0 Å². The quantitative estimate of drug-likeness (QED) is 0.515. The molecule has 0 amide bonds. The Kier molecular flexibility index (Phi) is 1.32. The lowest BCUT2D eigenvalue weighted by Gasteiger charge is -2.43. The van der Waals surface area contributed by atoms with Crippen molar-refractivity contribution < 1.29 is 0 Å². The number of allylic oxidation sites excluding steroid dienone is 1. The molecule has 0 nitrogen and oxygen atoms in total. The number of hydrogen-bond acceptors (Lipinski definition) is 1. The Morgan fingerprint density at radius 2 is 1.83 bits per heavy atom. The van der Waals surface area contributed by atoms with Crippen LogP contribution in [0.25, 0.3) is 0 Å². The molecule has 1 saturated carbocycles. The molecule has 0 N–H and O–H groups in total. The third-order valence-electron chi connectivity index (χ3n) is 4.03. The molecule has 0 aromatic rings. The summed E-state index contributed by atoms with van der Waals surface area (Å²) >= 11 is 2.27. The van der Waals surface area contributed by atoms with E-state index in [0.717, 1.165) is 15.9 Å². The molecule has 3 aliphatic rings. The highest BCUT2D eigenvalue weighted by Crippen LogP contribution is 2.64. The first-order chi connectivity index (χ1) is 5.73. The molecule has 1 fully saturated rings. The van der Waals surface area contributed by atoms with Crippen LogP contribution in [0.5, 0.6) is 0 Å². The molecule has 0 saturated heterocycles. The van der Waals surface area contributed by atoms with Gasteiger partial charge in [0, 0.05) is 10.00 Å². The molecule has 0 radical (unpaired) electrons. The maximum absolute atomic E-state index is 2.46. The Balaban J connectivity index is 2.00. The topological polar surface area (TPSA) is 0 Å². The van der Waals surface area contributed by atoms with Crippen molar-refractivity contribution in [2.75, 3.05) is 0 Å². The van der Waals surface area contributed by atoms with Crippen LogP contribution in [-0.2, 0) is 0 Å². The van der Waals surface area contributed by atoms with Gasteiger partial charge in [0.1, 0.15) is 0 Å². The van der Waals surface area contributed by atoms with Gasteiger partial charge >= 0.3 is 0 Å². The molecule has 2 atom stereocenters. The maximum Gasteiger partial charge on any atom is 0.0236 e. The second kappa shape index (κ2) is 2.12. The third-order valence-corrected chi connectivity index (χ3v) is 5.90. The highest BCUT2D eigenvalue weighted by molar-refractivity contribution is 8.01. The number of thioether (sulfide) groups is 1. The molecule has 3 rings (SSSR count). The minimum Gasteiger partial charge on any atom is -0.147 e. The lowest BCUT2D eigenvalue weighted by Crippen LogP contribution is -2.33. The molecule has 0 aromatic carbocycles. The Morgan fingerprint density at radius 1 is 1.17 bits per heavy atom. The van der Waals surface area contributed by atoms with E-state index in [2.05, 4.69) is 25.6 Å². The van der Waals surface area contributed by atoms with Crippen LogP contribution in [0.4, 0.5) is 0 Å². The Bertz CT molecular complexity index is 260. The van der Waals surface area contributed by atoms with Crippen molar-refractivity contribution in [3.8, 4) is 0 Å². The molecule has 2 unspecified atom stereocenters. The van der Waals surface area contributed by atoms with Crippen molar-refractivity contribution in [1.82, 2.24) is 0 Å². The third kappa shape index (κ3) is 0.761. The first kappa shape index (κ1) is 7.49. The summed E-state index contributed by atoms with van der Waals surface area (Å²) in [6.45, 7) is 4.87. The van der Waals surface area contributed by atoms with Gasteiger partial charge in [-0.05, 0) is 38.5 Å². The summed E-state index contributed by atoms with van der Waals surface area (Å²) in [5, 5.41) is 0.854. The van der Waals surface area contributed by atoms with Crippen LogP contribution in [-0.4, -0.2) is 10.00 Å². The second-order valence-electron chi connectivity index (χ2n) is 4.60. The molecule has 1 heterocycles. The minimum atomic E-state index is 0.721. The van der Waals surface area contributed by atoms with E-state index in [-0.39, 0.29) is 0 Å². The fourth-order valence-electron chi connectivity index (χ4n) is 2.89. The Morgan fingerprint density at radius 3 is 2.33 bits per heavy atom. The summed E-state index contributed by atoms with van der Waals surface area (Å²) in [4.78, 5) is 0. The molecule has 1 heteroatoms. The predicted molar refractivity (Wildman–Crippen MR) is 54.4 cm³/mol. The zero-order chi connectivity index (χ0) is 8.34. The van der Waals surface area contributed by atoms with Crippen molar-refractivity contribution in [2.45, 2.75) is 49.5 Å². The van der Waals surface area contributed by atoms with Crippen LogP contribution in [0.1, 0.15) is 39.5 Å². The van der Waals surface area contributed by atoms with Gasteiger partial charge in [-0.1, -0.05) is 18.1 Å². The summed E-state index contributed by atoms with van der Waals surface area (Å²) in [5.41, 5.74) is 3.66. The largest absolute Gasteiger partial charge is 0.147 e. The van der Waals surface area contributed by atoms with E-state index >= 15 is 0 Å². The summed E-state index contributed by atoms with van der Waals surface area (Å²) in [6, 6.07) is 0. The number of hydrogen-bond donors (Lipinski definition) is 0. The van der Waals surface area contributed by atoms with E-state index in [1.165, 1.54) is 25.7 Å². The maximum atomic E-state index is 2.46. The van der Waals surface area contributed by atoms with Crippen molar-refractivity contribution in [3.63, 3.8) is 0 Å². The molecular formula is C11H16S. The highest BCUT2D eigenvalue weighted by atomic mass is 32.2. The zero-order valence-corrected chi connectivity index (χ0v) is 8.71. The Hall–Kier alpha value is 0.0900. The molecule has 0 aromatic heterocycles. The van der Waals surface area contributed by atoms with Crippen LogP contribution in [0.15, 0.2) is 11.1 Å². The average molecular weight is 180 g/mol. The lowest BCUT2D eigenvalue weighted by atomic mass is 9.77. The van der Waals surface area contributed by atoms with Gasteiger partial charge in [0.2, 0.25) is 0 Å². The standard InChI is InChI=1S/C11H16S/c1-7-9-3-4-10(9)8(2)12-11(7)5-6-11/h7-8H,3-6H2,1-2H3. The van der Waals surface area contributed by atoms with Gasteiger partial charge in [-0.2, -0.15) is 0 Å². The molecule has 1 aliphatic heterocycles. The van der Waals surface area contributed by atoms with Gasteiger partial charge in [0.05, 0.1) is 0 Å². The van der Waals surface area contributed by atoms with E-state index in [9.17, 15) is 0 Å². The summed E-state index contributed by atoms with van der Waals surface area (Å²) in [7, 11) is 0. The SMILES string of the molecule is CC1SC2(CC2)C(C)C2=C1CC2. The summed E-state index contributed by atoms with van der Waals surface area (Å²) in [5.74, 6) is 0.919. The van der Waals surface area contributed by atoms with Crippen molar-refractivity contribution in [3.05, 3.63) is 11.1 Å². The van der Waals surface area contributed by atoms with E-state index in [4.69, 9.17) is 0 Å². The van der Waals surface area contributed by atoms with Gasteiger partial charge in [-0.15, -0.1) is 11.8 Å². The van der Waals surface area contributed by atoms with Crippen molar-refractivity contribution in [2.24, 2.45) is 5.92 Å². The molecule has 66 valence electrons. The smallest absolute Gasteiger partial charge is 0.0236 e. The average Bonchev–Trinajstić information content (AvgIpc) is 2.64. The van der Waals surface area contributed by atoms with E-state index in [1.807, 2.05) is 11.1 Å². The van der Waals surface area contributed by atoms with Gasteiger partial charge in [-0.25, -0.2) is 0 Å². The van der Waals surface area contributed by atoms with Gasteiger partial charge in [0.15, 0.2) is 0 Å². The summed E-state index contributed by atoms with van der Waals surface area (Å²) < 4.78 is 0.721. The first-order valence-corrected chi connectivity index (χ1v) is 6.00. The normalized spacial score (nSPS) is 42.5. The summed E-state index contributed by atoms with van der Waals surface area (Å²) in [6.07, 6.45) is 5.80. The van der Waals surface area contributed by atoms with Crippen LogP contribution in [0.3, 0.4) is 0 Å². The monoisotopic (exact) mass is 180 g/mol. The highest BCUT2D eigenvalue weighted by Gasteiger charge is 2.54. The lowest BCUT2D eigenvalue weighted by molar-refractivity contribution is 0.531. The predicted octanol–water partition coefficient (Wildman–Crippen LogP) is 3.38. The zero-order valence-electron chi connectivity index (χ0n) is 7.89.